The molecule has 0 aliphatic heterocycles. The van der Waals surface area contributed by atoms with Gasteiger partial charge in [0.2, 0.25) is 5.28 Å². The molecule has 0 amide bonds. The van der Waals surface area contributed by atoms with Crippen LogP contribution in [0.25, 0.3) is 10.2 Å². The molecule has 0 unspecified atom stereocenters. The van der Waals surface area contributed by atoms with E-state index in [1.54, 1.807) is 22.7 Å². The van der Waals surface area contributed by atoms with E-state index >= 15 is 0 Å². The smallest absolute Gasteiger partial charge is 0.224 e. The predicted octanol–water partition coefficient (Wildman–Crippen LogP) is 5.45. The molecular weight excluding hydrogens is 431 g/mol. The lowest BCUT2D eigenvalue weighted by Gasteiger charge is -2.08. The molecule has 9 heteroatoms. The highest BCUT2D eigenvalue weighted by atomic mass is 35.5. The summed E-state index contributed by atoms with van der Waals surface area (Å²) in [5.74, 6) is 1.51. The van der Waals surface area contributed by atoms with Crippen molar-refractivity contribution in [1.29, 1.82) is 0 Å². The average molecular weight is 452 g/mol. The molecule has 1 atom stereocenters. The molecule has 3 heterocycles. The second-order valence-electron chi connectivity index (χ2n) is 6.31. The summed E-state index contributed by atoms with van der Waals surface area (Å²) in [4.78, 5) is 11.4. The molecule has 0 aromatic carbocycles. The van der Waals surface area contributed by atoms with Crippen molar-refractivity contribution in [2.75, 3.05) is 5.32 Å². The van der Waals surface area contributed by atoms with E-state index in [1.807, 2.05) is 0 Å². The Kier molecular flexibility index (Phi) is 7.53. The Bertz CT molecular complexity index is 863. The number of nitrogens with one attached hydrogen (secondary N) is 1. The molecule has 1 saturated carbocycles. The summed E-state index contributed by atoms with van der Waals surface area (Å²) in [7, 11) is 0. The van der Waals surface area contributed by atoms with E-state index in [2.05, 4.69) is 39.7 Å². The van der Waals surface area contributed by atoms with Crippen molar-refractivity contribution in [3.05, 3.63) is 38.1 Å². The number of fused-ring (bicyclic) bond motifs is 1. The molecule has 0 radical (unpaired) electrons. The Morgan fingerprint density at radius 2 is 2.12 bits per heavy atom. The maximum Gasteiger partial charge on any atom is 0.224 e. The maximum atomic E-state index is 6.32. The van der Waals surface area contributed by atoms with Crippen LogP contribution in [0, 0.1) is 12.8 Å². The van der Waals surface area contributed by atoms with Gasteiger partial charge in [0.25, 0.3) is 0 Å². The summed E-state index contributed by atoms with van der Waals surface area (Å²) in [6, 6.07) is 4.41. The van der Waals surface area contributed by atoms with E-state index < -0.39 is 0 Å². The van der Waals surface area contributed by atoms with Gasteiger partial charge in [0.1, 0.15) is 5.82 Å². The van der Waals surface area contributed by atoms with Crippen molar-refractivity contribution in [1.82, 2.24) is 9.97 Å². The fourth-order valence-corrected chi connectivity index (χ4v) is 5.00. The quantitative estimate of drug-likeness (QED) is 0.489. The molecule has 26 heavy (non-hydrogen) atoms. The van der Waals surface area contributed by atoms with Gasteiger partial charge in [0, 0.05) is 15.8 Å². The van der Waals surface area contributed by atoms with Crippen molar-refractivity contribution >= 4 is 75.1 Å². The molecule has 0 bridgehead atoms. The Hall–Kier alpha value is -0.630. The number of nitrogens with two attached hydrogens (primary N) is 1. The molecule has 0 saturated heterocycles. The molecular formula is C17H21Cl3N4S2. The molecule has 3 N–H and O–H groups in total. The van der Waals surface area contributed by atoms with E-state index in [-0.39, 0.29) is 36.1 Å². The highest BCUT2D eigenvalue weighted by molar-refractivity contribution is 7.19. The van der Waals surface area contributed by atoms with E-state index in [0.29, 0.717) is 5.92 Å². The Morgan fingerprint density at radius 1 is 1.35 bits per heavy atom. The minimum atomic E-state index is 0. The summed E-state index contributed by atoms with van der Waals surface area (Å²) >= 11 is 9.63. The van der Waals surface area contributed by atoms with E-state index in [1.165, 1.54) is 28.2 Å². The van der Waals surface area contributed by atoms with E-state index in [9.17, 15) is 0 Å². The van der Waals surface area contributed by atoms with Crippen molar-refractivity contribution in [3.63, 3.8) is 0 Å². The van der Waals surface area contributed by atoms with E-state index in [0.717, 1.165) is 29.0 Å². The first-order valence-corrected chi connectivity index (χ1v) is 10.2. The number of aromatic nitrogens is 2. The zero-order chi connectivity index (χ0) is 16.7. The van der Waals surface area contributed by atoms with Crippen LogP contribution in [0.4, 0.5) is 5.82 Å². The van der Waals surface area contributed by atoms with Crippen LogP contribution in [0.2, 0.25) is 5.28 Å². The van der Waals surface area contributed by atoms with Crippen molar-refractivity contribution < 1.29 is 0 Å². The molecule has 1 aliphatic carbocycles. The average Bonchev–Trinajstić information content (AvgIpc) is 3.21. The van der Waals surface area contributed by atoms with Gasteiger partial charge in [-0.05, 0) is 60.7 Å². The maximum absolute atomic E-state index is 6.32. The van der Waals surface area contributed by atoms with Gasteiger partial charge >= 0.3 is 0 Å². The molecule has 4 rings (SSSR count). The van der Waals surface area contributed by atoms with Crippen LogP contribution in [0.1, 0.15) is 28.2 Å². The Labute approximate surface area is 178 Å². The van der Waals surface area contributed by atoms with Crippen LogP contribution in [0.15, 0.2) is 17.5 Å². The van der Waals surface area contributed by atoms with Gasteiger partial charge in [-0.15, -0.1) is 47.5 Å². The lowest BCUT2D eigenvalue weighted by atomic mass is 10.1. The molecule has 142 valence electrons. The Balaban J connectivity index is 0.00000121. The first-order valence-electron chi connectivity index (χ1n) is 8.09. The molecule has 1 fully saturated rings. The van der Waals surface area contributed by atoms with Gasteiger partial charge < -0.3 is 11.1 Å². The van der Waals surface area contributed by atoms with Crippen molar-refractivity contribution in [2.45, 2.75) is 38.8 Å². The van der Waals surface area contributed by atoms with Crippen LogP contribution in [0.5, 0.6) is 0 Å². The molecule has 1 aliphatic rings. The van der Waals surface area contributed by atoms with Crippen LogP contribution in [0.3, 0.4) is 0 Å². The van der Waals surface area contributed by atoms with Crippen LogP contribution in [-0.4, -0.2) is 16.0 Å². The number of hydrogen-bond acceptors (Lipinski definition) is 6. The number of hydrogen-bond donors (Lipinski definition) is 2. The number of anilines is 1. The number of aryl methyl sites for hydroxylation is 1. The summed E-state index contributed by atoms with van der Waals surface area (Å²) in [6.07, 6.45) is 3.45. The van der Waals surface area contributed by atoms with Gasteiger partial charge in [-0.1, -0.05) is 6.07 Å². The minimum Gasteiger partial charge on any atom is -0.364 e. The second kappa shape index (κ2) is 9.04. The molecule has 3 aromatic heterocycles. The van der Waals surface area contributed by atoms with Gasteiger partial charge in [-0.3, -0.25) is 0 Å². The minimum absolute atomic E-state index is 0. The predicted molar refractivity (Wildman–Crippen MR) is 118 cm³/mol. The zero-order valence-corrected chi connectivity index (χ0v) is 18.2. The number of nitrogens with zero attached hydrogens (tertiary/aromatic N) is 2. The monoisotopic (exact) mass is 450 g/mol. The third-order valence-corrected chi connectivity index (χ3v) is 6.85. The lowest BCUT2D eigenvalue weighted by Crippen LogP contribution is -2.24. The van der Waals surface area contributed by atoms with Crippen LogP contribution in [-0.2, 0) is 13.0 Å². The first-order chi connectivity index (χ1) is 11.6. The largest absolute Gasteiger partial charge is 0.364 e. The number of thiophene rings is 2. The summed E-state index contributed by atoms with van der Waals surface area (Å²) in [5, 5.41) is 5.78. The molecule has 0 spiro atoms. The molecule has 4 nitrogen and oxygen atoms in total. The van der Waals surface area contributed by atoms with Gasteiger partial charge in [-0.25, -0.2) is 4.98 Å². The second-order valence-corrected chi connectivity index (χ2v) is 8.78. The van der Waals surface area contributed by atoms with Crippen molar-refractivity contribution in [2.24, 2.45) is 11.7 Å². The van der Waals surface area contributed by atoms with Crippen LogP contribution < -0.4 is 11.1 Å². The highest BCUT2D eigenvalue weighted by Crippen LogP contribution is 2.38. The summed E-state index contributed by atoms with van der Waals surface area (Å²) in [6.45, 7) is 2.86. The van der Waals surface area contributed by atoms with Crippen molar-refractivity contribution in [3.8, 4) is 0 Å². The highest BCUT2D eigenvalue weighted by Gasteiger charge is 2.29. The third-order valence-electron chi connectivity index (χ3n) is 4.50. The van der Waals surface area contributed by atoms with Gasteiger partial charge in [0.15, 0.2) is 0 Å². The van der Waals surface area contributed by atoms with Gasteiger partial charge in [0.05, 0.1) is 16.8 Å². The molecule has 3 aromatic rings. The topological polar surface area (TPSA) is 63.8 Å². The summed E-state index contributed by atoms with van der Waals surface area (Å²) < 4.78 is 1.08. The third kappa shape index (κ3) is 4.61. The zero-order valence-electron chi connectivity index (χ0n) is 14.2. The lowest BCUT2D eigenvalue weighted by molar-refractivity contribution is 0.595. The van der Waals surface area contributed by atoms with E-state index in [4.69, 9.17) is 17.3 Å². The van der Waals surface area contributed by atoms with Gasteiger partial charge in [-0.2, -0.15) is 4.98 Å². The number of halogens is 3. The first kappa shape index (κ1) is 21.7. The number of rotatable bonds is 6. The SMILES string of the molecule is Cc1c(C[C@@H](N)C2CC2)sc2c(NCc3cccs3)nc(Cl)nc12.Cl.Cl. The van der Waals surface area contributed by atoms with Crippen LogP contribution >= 0.6 is 59.1 Å². The summed E-state index contributed by atoms with van der Waals surface area (Å²) in [5.41, 5.74) is 8.46. The standard InChI is InChI=1S/C17H19ClN4S2.2ClH/c1-9-13(7-12(19)10-4-5-10)24-15-14(9)21-17(18)22-16(15)20-8-11-3-2-6-23-11;;/h2-3,6,10,12H,4-5,7-8,19H2,1H3,(H,20,21,22);2*1H/t12-;;/m1../s1. The fourth-order valence-electron chi connectivity index (χ4n) is 2.91. The fraction of sp³-hybridized carbons (Fsp3) is 0.412. The Morgan fingerprint density at radius 3 is 2.77 bits per heavy atom. The normalized spacial score (nSPS) is 14.6.